The molecule has 2 atom stereocenters. The molecule has 3 aromatic carbocycles. The summed E-state index contributed by atoms with van der Waals surface area (Å²) in [5.41, 5.74) is 4.83. The topological polar surface area (TPSA) is 33.2 Å². The molecule has 3 nitrogen and oxygen atoms in total. The molecule has 0 N–H and O–H groups in total. The van der Waals surface area contributed by atoms with Gasteiger partial charge in [0.1, 0.15) is 17.1 Å². The maximum atomic E-state index is 12.2. The smallest absolute Gasteiger partial charge is 0.163 e. The van der Waals surface area contributed by atoms with E-state index in [0.29, 0.717) is 11.3 Å². The molecule has 1 aliphatic heterocycles. The number of hydrogen-bond donors (Lipinski definition) is 0. The standard InChI is InChI=1S/C28H25NO2/c1-19-11-10-16-24(17-19)29-27(22-12-6-4-7-13-22)28(29,23-14-8-5-9-15-23)26-18-25(20(2)30)21(3)31-26/h4-18,27H,1-3H3/t27-,28-,29?/m1/s1. The van der Waals surface area contributed by atoms with Gasteiger partial charge in [0.25, 0.3) is 0 Å². The second-order valence-electron chi connectivity index (χ2n) is 8.29. The summed E-state index contributed by atoms with van der Waals surface area (Å²) in [5.74, 6) is 1.49. The Bertz CT molecular complexity index is 1240. The number of Topliss-reactive ketones (excluding diaryl/α,β-unsaturated/α-hetero) is 1. The summed E-state index contributed by atoms with van der Waals surface area (Å²) < 4.78 is 6.33. The monoisotopic (exact) mass is 407 g/mol. The number of carbonyl (C=O) groups is 1. The molecule has 0 spiro atoms. The molecule has 3 heteroatoms. The number of benzene rings is 3. The Kier molecular flexibility index (Phi) is 4.55. The molecule has 5 rings (SSSR count). The Labute approximate surface area is 183 Å². The van der Waals surface area contributed by atoms with Crippen molar-refractivity contribution >= 4 is 11.5 Å². The fraction of sp³-hybridized carbons (Fsp3) is 0.179. The molecule has 1 aromatic heterocycles. The third-order valence-electron chi connectivity index (χ3n) is 6.25. The fourth-order valence-electron chi connectivity index (χ4n) is 4.85. The van der Waals surface area contributed by atoms with Crippen LogP contribution >= 0.6 is 0 Å². The highest BCUT2D eigenvalue weighted by molar-refractivity contribution is 5.95. The van der Waals surface area contributed by atoms with Crippen molar-refractivity contribution in [1.82, 2.24) is 0 Å². The van der Waals surface area contributed by atoms with Gasteiger partial charge in [-0.1, -0.05) is 72.8 Å². The van der Waals surface area contributed by atoms with Gasteiger partial charge in [-0.3, -0.25) is 4.79 Å². The highest BCUT2D eigenvalue weighted by Gasteiger charge is 2.67. The van der Waals surface area contributed by atoms with E-state index in [9.17, 15) is 4.79 Å². The van der Waals surface area contributed by atoms with Crippen molar-refractivity contribution in [2.24, 2.45) is 0 Å². The van der Waals surface area contributed by atoms with Crippen LogP contribution in [0.5, 0.6) is 0 Å². The molecule has 4 aromatic rings. The predicted octanol–water partition coefficient (Wildman–Crippen LogP) is 6.60. The van der Waals surface area contributed by atoms with Gasteiger partial charge < -0.3 is 9.32 Å². The SMILES string of the molecule is CC(=O)c1cc([C@]2(c3ccccc3)[C@@H](c3ccccc3)N2c2cccc(C)c2)oc1C. The minimum atomic E-state index is -0.519. The minimum Gasteiger partial charge on any atom is -0.463 e. The van der Waals surface area contributed by atoms with Crippen LogP contribution in [0.3, 0.4) is 0 Å². The molecule has 154 valence electrons. The number of carbonyl (C=O) groups excluding carboxylic acids is 1. The molecule has 0 bridgehead atoms. The number of furan rings is 1. The van der Waals surface area contributed by atoms with Crippen molar-refractivity contribution in [2.75, 3.05) is 4.90 Å². The first-order valence-corrected chi connectivity index (χ1v) is 10.6. The molecule has 0 amide bonds. The van der Waals surface area contributed by atoms with E-state index in [0.717, 1.165) is 17.0 Å². The number of hydrogen-bond acceptors (Lipinski definition) is 3. The lowest BCUT2D eigenvalue weighted by molar-refractivity contribution is 0.101. The summed E-state index contributed by atoms with van der Waals surface area (Å²) in [6.07, 6.45) is 0. The van der Waals surface area contributed by atoms with E-state index < -0.39 is 5.54 Å². The van der Waals surface area contributed by atoms with Gasteiger partial charge in [-0.2, -0.15) is 0 Å². The Morgan fingerprint density at radius 3 is 2.16 bits per heavy atom. The van der Waals surface area contributed by atoms with E-state index in [1.54, 1.807) is 6.92 Å². The average Bonchev–Trinajstić information content (AvgIpc) is 3.34. The molecule has 31 heavy (non-hydrogen) atoms. The number of anilines is 1. The van der Waals surface area contributed by atoms with E-state index in [1.807, 2.05) is 25.1 Å². The molecule has 0 unspecified atom stereocenters. The number of rotatable bonds is 5. The third-order valence-corrected chi connectivity index (χ3v) is 6.25. The van der Waals surface area contributed by atoms with Crippen LogP contribution in [0.2, 0.25) is 0 Å². The lowest BCUT2D eigenvalue weighted by Gasteiger charge is -2.17. The highest BCUT2D eigenvalue weighted by atomic mass is 16.3. The van der Waals surface area contributed by atoms with Crippen LogP contribution in [0, 0.1) is 13.8 Å². The largest absolute Gasteiger partial charge is 0.463 e. The van der Waals surface area contributed by atoms with Gasteiger partial charge >= 0.3 is 0 Å². The molecule has 0 saturated carbocycles. The van der Waals surface area contributed by atoms with Crippen LogP contribution in [0.25, 0.3) is 0 Å². The second-order valence-corrected chi connectivity index (χ2v) is 8.29. The zero-order valence-corrected chi connectivity index (χ0v) is 18.0. The average molecular weight is 408 g/mol. The van der Waals surface area contributed by atoms with E-state index in [1.165, 1.54) is 11.1 Å². The first-order chi connectivity index (χ1) is 15.0. The van der Waals surface area contributed by atoms with Gasteiger partial charge in [-0.15, -0.1) is 0 Å². The molecular formula is C28H25NO2. The Balaban J connectivity index is 1.79. The lowest BCUT2D eigenvalue weighted by atomic mass is 9.89. The fourth-order valence-corrected chi connectivity index (χ4v) is 4.85. The van der Waals surface area contributed by atoms with Gasteiger partial charge in [-0.25, -0.2) is 0 Å². The van der Waals surface area contributed by atoms with Crippen LogP contribution in [0.4, 0.5) is 5.69 Å². The maximum Gasteiger partial charge on any atom is 0.163 e. The Morgan fingerprint density at radius 2 is 1.55 bits per heavy atom. The van der Waals surface area contributed by atoms with Crippen molar-refractivity contribution in [2.45, 2.75) is 32.4 Å². The molecular weight excluding hydrogens is 382 g/mol. The van der Waals surface area contributed by atoms with Crippen molar-refractivity contribution < 1.29 is 9.21 Å². The summed E-state index contributed by atoms with van der Waals surface area (Å²) in [5, 5.41) is 0. The van der Waals surface area contributed by atoms with Crippen molar-refractivity contribution in [3.8, 4) is 0 Å². The summed E-state index contributed by atoms with van der Waals surface area (Å²) >= 11 is 0. The zero-order valence-electron chi connectivity index (χ0n) is 18.0. The summed E-state index contributed by atoms with van der Waals surface area (Å²) in [6.45, 7) is 5.58. The number of nitrogens with zero attached hydrogens (tertiary/aromatic N) is 1. The summed E-state index contributed by atoms with van der Waals surface area (Å²) in [4.78, 5) is 14.6. The van der Waals surface area contributed by atoms with E-state index in [-0.39, 0.29) is 11.8 Å². The predicted molar refractivity (Wildman–Crippen MR) is 124 cm³/mol. The van der Waals surface area contributed by atoms with Crippen LogP contribution in [0.15, 0.2) is 95.4 Å². The van der Waals surface area contributed by atoms with E-state index in [4.69, 9.17) is 4.42 Å². The van der Waals surface area contributed by atoms with Crippen LogP contribution < -0.4 is 4.90 Å². The Morgan fingerprint density at radius 1 is 0.871 bits per heavy atom. The van der Waals surface area contributed by atoms with Gasteiger partial charge in [0.2, 0.25) is 0 Å². The molecule has 0 radical (unpaired) electrons. The van der Waals surface area contributed by atoms with Gasteiger partial charge in [0, 0.05) is 5.69 Å². The molecule has 2 heterocycles. The molecule has 1 saturated heterocycles. The summed E-state index contributed by atoms with van der Waals surface area (Å²) in [6, 6.07) is 31.5. The van der Waals surface area contributed by atoms with Crippen LogP contribution in [0.1, 0.15) is 51.5 Å². The van der Waals surface area contributed by atoms with Crippen LogP contribution in [-0.2, 0) is 5.54 Å². The number of aryl methyl sites for hydroxylation is 2. The van der Waals surface area contributed by atoms with Gasteiger partial charge in [0.15, 0.2) is 5.78 Å². The summed E-state index contributed by atoms with van der Waals surface area (Å²) in [7, 11) is 0. The van der Waals surface area contributed by atoms with Gasteiger partial charge in [-0.05, 0) is 55.7 Å². The first-order valence-electron chi connectivity index (χ1n) is 10.6. The van der Waals surface area contributed by atoms with Crippen molar-refractivity contribution in [3.05, 3.63) is 125 Å². The highest BCUT2D eigenvalue weighted by Crippen LogP contribution is 2.65. The minimum absolute atomic E-state index is 0.0229. The maximum absolute atomic E-state index is 12.2. The quantitative estimate of drug-likeness (QED) is 0.276. The number of ketones is 1. The molecule has 1 aliphatic rings. The van der Waals surface area contributed by atoms with Crippen molar-refractivity contribution in [3.63, 3.8) is 0 Å². The van der Waals surface area contributed by atoms with Gasteiger partial charge in [0.05, 0.1) is 11.6 Å². The van der Waals surface area contributed by atoms with Crippen molar-refractivity contribution in [1.29, 1.82) is 0 Å². The molecule has 1 fully saturated rings. The zero-order chi connectivity index (χ0) is 21.6. The normalized spacial score (nSPS) is 20.0. The second kappa shape index (κ2) is 7.28. The first kappa shape index (κ1) is 19.4. The van der Waals surface area contributed by atoms with E-state index in [2.05, 4.69) is 84.6 Å². The lowest BCUT2D eigenvalue weighted by Crippen LogP contribution is -2.17. The third kappa shape index (κ3) is 3.00. The Hall–Kier alpha value is -3.59. The van der Waals surface area contributed by atoms with E-state index >= 15 is 0 Å². The van der Waals surface area contributed by atoms with Crippen LogP contribution in [-0.4, -0.2) is 5.78 Å². The molecule has 0 aliphatic carbocycles.